The Bertz CT molecular complexity index is 2050. The van der Waals surface area contributed by atoms with E-state index in [1.165, 1.54) is 30.1 Å². The standard InChI is InChI=1S/C34H35N3O7S/c1-9-44-33(40)29-20(4)35-34-37(30(29)25-17-23(41-6)13-14-27(25)42-7)31(38)28(45-34)16-22-15-18(2)36(21(22)5)26-12-10-11-24(19(26)3)32(39)43-8/h10-17,30H,9H2,1-8H3/b28-16+/t30-/m1/s1. The second kappa shape index (κ2) is 12.6. The van der Waals surface area contributed by atoms with Crippen LogP contribution < -0.4 is 24.4 Å². The van der Waals surface area contributed by atoms with E-state index in [9.17, 15) is 14.4 Å². The van der Waals surface area contributed by atoms with Crippen molar-refractivity contribution in [3.63, 3.8) is 0 Å². The van der Waals surface area contributed by atoms with Gasteiger partial charge in [-0.2, -0.15) is 0 Å². The molecule has 0 radical (unpaired) electrons. The maximum Gasteiger partial charge on any atom is 0.338 e. The summed E-state index contributed by atoms with van der Waals surface area (Å²) < 4.78 is 25.6. The van der Waals surface area contributed by atoms with Gasteiger partial charge in [0.25, 0.3) is 5.56 Å². The lowest BCUT2D eigenvalue weighted by Gasteiger charge is -2.26. The number of aromatic nitrogens is 2. The van der Waals surface area contributed by atoms with Crippen LogP contribution in [0.1, 0.15) is 58.3 Å². The van der Waals surface area contributed by atoms with Crippen LogP contribution in [0, 0.1) is 20.8 Å². The molecule has 5 rings (SSSR count). The Morgan fingerprint density at radius 2 is 1.76 bits per heavy atom. The molecule has 0 unspecified atom stereocenters. The summed E-state index contributed by atoms with van der Waals surface area (Å²) in [6, 6.07) is 11.9. The van der Waals surface area contributed by atoms with Gasteiger partial charge in [-0.05, 0) is 88.2 Å². The smallest absolute Gasteiger partial charge is 0.338 e. The number of carbonyl (C=O) groups is 2. The molecule has 11 heteroatoms. The van der Waals surface area contributed by atoms with Crippen LogP contribution in [-0.2, 0) is 14.3 Å². The first kappa shape index (κ1) is 31.5. The number of nitrogens with zero attached hydrogens (tertiary/aromatic N) is 3. The third-order valence-electron chi connectivity index (χ3n) is 7.96. The molecule has 1 aliphatic rings. The van der Waals surface area contributed by atoms with Gasteiger partial charge < -0.3 is 23.5 Å². The van der Waals surface area contributed by atoms with E-state index in [0.717, 1.165) is 28.2 Å². The number of hydrogen-bond acceptors (Lipinski definition) is 9. The third kappa shape index (κ3) is 5.48. The van der Waals surface area contributed by atoms with Crippen molar-refractivity contribution in [3.05, 3.63) is 107 Å². The quantitative estimate of drug-likeness (QED) is 0.267. The Hall–Kier alpha value is -4.90. The molecule has 4 aromatic rings. The van der Waals surface area contributed by atoms with Crippen molar-refractivity contribution in [1.82, 2.24) is 9.13 Å². The van der Waals surface area contributed by atoms with Crippen molar-refractivity contribution in [2.75, 3.05) is 27.9 Å². The molecule has 10 nitrogen and oxygen atoms in total. The summed E-state index contributed by atoms with van der Waals surface area (Å²) in [5.41, 5.74) is 5.72. The average molecular weight is 630 g/mol. The molecular weight excluding hydrogens is 594 g/mol. The van der Waals surface area contributed by atoms with Crippen molar-refractivity contribution in [1.29, 1.82) is 0 Å². The number of ether oxygens (including phenoxy) is 4. The lowest BCUT2D eigenvalue weighted by atomic mass is 9.94. The molecule has 0 spiro atoms. The first-order valence-electron chi connectivity index (χ1n) is 14.3. The molecule has 0 bridgehead atoms. The second-order valence-electron chi connectivity index (χ2n) is 10.5. The molecular formula is C34H35N3O7S. The van der Waals surface area contributed by atoms with Crippen LogP contribution in [-0.4, -0.2) is 49.0 Å². The highest BCUT2D eigenvalue weighted by molar-refractivity contribution is 7.07. The van der Waals surface area contributed by atoms with E-state index < -0.39 is 18.0 Å². The van der Waals surface area contributed by atoms with Gasteiger partial charge in [0.2, 0.25) is 0 Å². The number of thiazole rings is 1. The van der Waals surface area contributed by atoms with Gasteiger partial charge in [0.1, 0.15) is 17.5 Å². The fraction of sp³-hybridized carbons (Fsp3) is 0.294. The summed E-state index contributed by atoms with van der Waals surface area (Å²) >= 11 is 1.24. The number of rotatable bonds is 8. The minimum Gasteiger partial charge on any atom is -0.497 e. The predicted octanol–water partition coefficient (Wildman–Crippen LogP) is 4.32. The fourth-order valence-electron chi connectivity index (χ4n) is 5.78. The highest BCUT2D eigenvalue weighted by Gasteiger charge is 2.35. The van der Waals surface area contributed by atoms with Gasteiger partial charge >= 0.3 is 11.9 Å². The van der Waals surface area contributed by atoms with Crippen molar-refractivity contribution < 1.29 is 28.5 Å². The van der Waals surface area contributed by atoms with Gasteiger partial charge in [0, 0.05) is 22.6 Å². The summed E-state index contributed by atoms with van der Waals surface area (Å²) in [6.45, 7) is 9.45. The van der Waals surface area contributed by atoms with Gasteiger partial charge in [-0.25, -0.2) is 14.6 Å². The van der Waals surface area contributed by atoms with Gasteiger partial charge in [-0.3, -0.25) is 9.36 Å². The zero-order valence-electron chi connectivity index (χ0n) is 26.5. The molecule has 0 saturated carbocycles. The molecule has 45 heavy (non-hydrogen) atoms. The summed E-state index contributed by atoms with van der Waals surface area (Å²) in [7, 11) is 4.45. The van der Waals surface area contributed by atoms with Crippen LogP contribution >= 0.6 is 11.3 Å². The van der Waals surface area contributed by atoms with Gasteiger partial charge in [-0.15, -0.1) is 0 Å². The molecule has 3 heterocycles. The van der Waals surface area contributed by atoms with E-state index >= 15 is 0 Å². The zero-order valence-corrected chi connectivity index (χ0v) is 27.3. The minimum absolute atomic E-state index is 0.166. The SMILES string of the molecule is CCOC(=O)C1=C(C)N=c2s/c(=C/c3cc(C)n(-c4cccc(C(=O)OC)c4C)c3C)c(=O)n2[C@@H]1c1cc(OC)ccc1OC. The number of allylic oxidation sites excluding steroid dienone is 1. The summed E-state index contributed by atoms with van der Waals surface area (Å²) in [5.74, 6) is 0.0682. The third-order valence-corrected chi connectivity index (χ3v) is 8.94. The number of benzene rings is 2. The van der Waals surface area contributed by atoms with E-state index in [2.05, 4.69) is 9.56 Å². The second-order valence-corrected chi connectivity index (χ2v) is 11.5. The highest BCUT2D eigenvalue weighted by atomic mass is 32.1. The molecule has 1 aliphatic heterocycles. The first-order valence-corrected chi connectivity index (χ1v) is 15.2. The molecule has 1 atom stereocenters. The first-order chi connectivity index (χ1) is 21.6. The van der Waals surface area contributed by atoms with Gasteiger partial charge in [0.05, 0.1) is 49.3 Å². The molecule has 234 valence electrons. The lowest BCUT2D eigenvalue weighted by Crippen LogP contribution is -2.40. The topological polar surface area (TPSA) is 110 Å². The van der Waals surface area contributed by atoms with E-state index in [1.54, 1.807) is 45.2 Å². The van der Waals surface area contributed by atoms with E-state index in [1.807, 2.05) is 45.0 Å². The monoisotopic (exact) mass is 629 g/mol. The maximum atomic E-state index is 14.2. The maximum absolute atomic E-state index is 14.2. The van der Waals surface area contributed by atoms with Crippen LogP contribution in [0.15, 0.2) is 63.5 Å². The normalized spacial score (nSPS) is 14.6. The lowest BCUT2D eigenvalue weighted by molar-refractivity contribution is -0.139. The van der Waals surface area contributed by atoms with Crippen molar-refractivity contribution >= 4 is 29.4 Å². The largest absolute Gasteiger partial charge is 0.497 e. The molecule has 0 fully saturated rings. The van der Waals surface area contributed by atoms with Gasteiger partial charge in [0.15, 0.2) is 4.80 Å². The van der Waals surface area contributed by atoms with Crippen LogP contribution in [0.3, 0.4) is 0 Å². The Balaban J connectivity index is 1.72. The Labute approximate surface area is 264 Å². The molecule has 0 amide bonds. The molecule has 0 aliphatic carbocycles. The van der Waals surface area contributed by atoms with E-state index in [4.69, 9.17) is 18.9 Å². The van der Waals surface area contributed by atoms with Crippen LogP contribution in [0.5, 0.6) is 11.5 Å². The summed E-state index contributed by atoms with van der Waals surface area (Å²) in [4.78, 5) is 45.1. The molecule has 2 aromatic carbocycles. The summed E-state index contributed by atoms with van der Waals surface area (Å²) in [5, 5.41) is 0. The van der Waals surface area contributed by atoms with Gasteiger partial charge in [-0.1, -0.05) is 17.4 Å². The number of hydrogen-bond donors (Lipinski definition) is 0. The number of carbonyl (C=O) groups excluding carboxylic acids is 2. The van der Waals surface area contributed by atoms with Crippen molar-refractivity contribution in [2.24, 2.45) is 4.99 Å². The zero-order chi connectivity index (χ0) is 32.6. The van der Waals surface area contributed by atoms with Crippen molar-refractivity contribution in [2.45, 2.75) is 40.7 Å². The van der Waals surface area contributed by atoms with Crippen LogP contribution in [0.4, 0.5) is 0 Å². The molecule has 0 saturated heterocycles. The van der Waals surface area contributed by atoms with E-state index in [0.29, 0.717) is 37.7 Å². The Morgan fingerprint density at radius 1 is 1.00 bits per heavy atom. The van der Waals surface area contributed by atoms with Crippen LogP contribution in [0.2, 0.25) is 0 Å². The van der Waals surface area contributed by atoms with Crippen molar-refractivity contribution in [3.8, 4) is 17.2 Å². The summed E-state index contributed by atoms with van der Waals surface area (Å²) in [6.07, 6.45) is 1.84. The fourth-order valence-corrected chi connectivity index (χ4v) is 6.82. The number of esters is 2. The number of fused-ring (bicyclic) bond motifs is 1. The highest BCUT2D eigenvalue weighted by Crippen LogP contribution is 2.38. The number of methoxy groups -OCH3 is 3. The van der Waals surface area contributed by atoms with Crippen LogP contribution in [0.25, 0.3) is 11.8 Å². The Kier molecular flexibility index (Phi) is 8.83. The molecule has 0 N–H and O–H groups in total. The van der Waals surface area contributed by atoms with E-state index in [-0.39, 0.29) is 17.7 Å². The Morgan fingerprint density at radius 3 is 2.42 bits per heavy atom. The molecule has 2 aromatic heterocycles. The minimum atomic E-state index is -0.858. The average Bonchev–Trinajstić information content (AvgIpc) is 3.48. The number of aryl methyl sites for hydroxylation is 1. The predicted molar refractivity (Wildman–Crippen MR) is 171 cm³/mol.